The van der Waals surface area contributed by atoms with E-state index in [-0.39, 0.29) is 25.7 Å². The first kappa shape index (κ1) is 96.5. The van der Waals surface area contributed by atoms with Crippen molar-refractivity contribution in [3.63, 3.8) is 0 Å². The van der Waals surface area contributed by atoms with Gasteiger partial charge in [0.05, 0.1) is 26.4 Å². The summed E-state index contributed by atoms with van der Waals surface area (Å²) in [5, 5.41) is 10.6. The van der Waals surface area contributed by atoms with Gasteiger partial charge >= 0.3 is 39.5 Å². The average molecular weight is 1450 g/mol. The normalized spacial score (nSPS) is 14.3. The number of aliphatic hydroxyl groups is 1. The van der Waals surface area contributed by atoms with Gasteiger partial charge in [0.25, 0.3) is 0 Å². The lowest BCUT2D eigenvalue weighted by Crippen LogP contribution is -2.30. The number of unbranched alkanes of at least 4 members (excludes halogenated alkanes) is 38. The van der Waals surface area contributed by atoms with Crippen LogP contribution in [0.3, 0.4) is 0 Å². The standard InChI is InChI=1S/C81H146O17P2/c1-5-9-13-17-21-25-29-33-36-37-40-42-46-50-54-58-62-66-79(84)92-72-77(98-81(86)68-64-60-56-52-48-44-39-35-31-27-23-19-15-11-7-3)74-96-100(89,90)94-70-75(82)69-93-99(87,88)95-73-76(71-91-78(83)65-61-57-53-49-45-41-32-28-24-20-16-12-8-4)97-80(85)67-63-59-55-51-47-43-38-34-30-26-22-18-14-10-6-2/h21,23,25,27,33,35-36,39-40,42,50,54,75-77,82H,5-20,22,24,26,28-32,34,37-38,41,43-49,51-53,55-74H2,1-4H3,(H,87,88)(H,89,90)/b25-21-,27-23-,36-33-,39-35-,42-40-,54-50-/t75-,76+,77+/m0/s1. The summed E-state index contributed by atoms with van der Waals surface area (Å²) in [5.74, 6) is -2.22. The second-order valence-electron chi connectivity index (χ2n) is 27.0. The number of allylic oxidation sites excluding steroid dienone is 12. The molecule has 582 valence electrons. The van der Waals surface area contributed by atoms with Gasteiger partial charge in [0.1, 0.15) is 19.3 Å². The van der Waals surface area contributed by atoms with Gasteiger partial charge in [-0.25, -0.2) is 9.13 Å². The number of carbonyl (C=O) groups excluding carboxylic acids is 4. The van der Waals surface area contributed by atoms with E-state index in [9.17, 15) is 43.2 Å². The minimum atomic E-state index is -4.99. The topological polar surface area (TPSA) is 237 Å². The summed E-state index contributed by atoms with van der Waals surface area (Å²) in [6, 6.07) is 0. The van der Waals surface area contributed by atoms with Crippen LogP contribution in [0.2, 0.25) is 0 Å². The molecular formula is C81H146O17P2. The van der Waals surface area contributed by atoms with Gasteiger partial charge in [-0.15, -0.1) is 0 Å². The Kier molecular flexibility index (Phi) is 71.2. The summed E-state index contributed by atoms with van der Waals surface area (Å²) in [4.78, 5) is 72.9. The van der Waals surface area contributed by atoms with Crippen LogP contribution in [0, 0.1) is 0 Å². The van der Waals surface area contributed by atoms with E-state index in [1.54, 1.807) is 0 Å². The molecule has 0 amide bonds. The highest BCUT2D eigenvalue weighted by molar-refractivity contribution is 7.47. The molecule has 3 N–H and O–H groups in total. The molecule has 0 aromatic rings. The van der Waals surface area contributed by atoms with E-state index in [2.05, 4.69) is 88.5 Å². The summed E-state index contributed by atoms with van der Waals surface area (Å²) >= 11 is 0. The van der Waals surface area contributed by atoms with Crippen LogP contribution in [0.5, 0.6) is 0 Å². The zero-order valence-corrected chi connectivity index (χ0v) is 65.4. The third-order valence-electron chi connectivity index (χ3n) is 17.2. The maximum absolute atomic E-state index is 13.1. The predicted molar refractivity (Wildman–Crippen MR) is 409 cm³/mol. The van der Waals surface area contributed by atoms with Crippen LogP contribution in [0.15, 0.2) is 72.9 Å². The van der Waals surface area contributed by atoms with Crippen molar-refractivity contribution in [3.8, 4) is 0 Å². The summed E-state index contributed by atoms with van der Waals surface area (Å²) in [5.41, 5.74) is 0. The van der Waals surface area contributed by atoms with Crippen LogP contribution in [0.1, 0.15) is 362 Å². The number of rotatable bonds is 76. The summed E-state index contributed by atoms with van der Waals surface area (Å²) in [6.07, 6.45) is 74.5. The fraction of sp³-hybridized carbons (Fsp3) is 0.802. The molecule has 2 unspecified atom stereocenters. The SMILES string of the molecule is CCCCC/C=C\C/C=C\C/C=C\C/C=C\CCCC(=O)OC[C@H](COP(=O)(O)OC[C@@H](O)COP(=O)(O)OC[C@@H](COC(=O)CCCCCCCCCCCCCCC)OC(=O)CCCCCCCCCCCCCCCCC)OC(=O)CCCCCCC/C=C\C/C=C\CCCCC. The second-order valence-corrected chi connectivity index (χ2v) is 29.9. The quantitative estimate of drug-likeness (QED) is 0.0169. The van der Waals surface area contributed by atoms with E-state index in [4.69, 9.17) is 37.0 Å². The molecule has 0 radical (unpaired) electrons. The van der Waals surface area contributed by atoms with E-state index in [0.29, 0.717) is 32.1 Å². The predicted octanol–water partition coefficient (Wildman–Crippen LogP) is 23.2. The number of ether oxygens (including phenoxy) is 4. The number of phosphoric ester groups is 2. The molecule has 0 aliphatic rings. The van der Waals surface area contributed by atoms with Crippen LogP contribution in [0.25, 0.3) is 0 Å². The van der Waals surface area contributed by atoms with Gasteiger partial charge in [-0.05, 0) is 96.3 Å². The van der Waals surface area contributed by atoms with Crippen LogP contribution in [-0.2, 0) is 65.4 Å². The molecule has 0 aliphatic heterocycles. The van der Waals surface area contributed by atoms with Crippen molar-refractivity contribution >= 4 is 39.5 Å². The van der Waals surface area contributed by atoms with Gasteiger partial charge in [0.15, 0.2) is 12.2 Å². The summed E-state index contributed by atoms with van der Waals surface area (Å²) in [6.45, 7) is 4.81. The number of carbonyl (C=O) groups is 4. The van der Waals surface area contributed by atoms with Crippen molar-refractivity contribution in [3.05, 3.63) is 72.9 Å². The van der Waals surface area contributed by atoms with Crippen molar-refractivity contribution in [1.29, 1.82) is 0 Å². The first-order valence-corrected chi connectivity index (χ1v) is 43.2. The van der Waals surface area contributed by atoms with Gasteiger partial charge in [0.2, 0.25) is 0 Å². The molecule has 0 rings (SSSR count). The van der Waals surface area contributed by atoms with Crippen molar-refractivity contribution in [2.24, 2.45) is 0 Å². The lowest BCUT2D eigenvalue weighted by atomic mass is 10.0. The Morgan fingerprint density at radius 1 is 0.280 bits per heavy atom. The van der Waals surface area contributed by atoms with E-state index in [1.165, 1.54) is 161 Å². The minimum Gasteiger partial charge on any atom is -0.462 e. The molecule has 0 fully saturated rings. The lowest BCUT2D eigenvalue weighted by molar-refractivity contribution is -0.161. The Labute approximate surface area is 609 Å². The molecule has 0 aliphatic carbocycles. The molecule has 0 aromatic heterocycles. The smallest absolute Gasteiger partial charge is 0.462 e. The number of hydrogen-bond donors (Lipinski definition) is 3. The monoisotopic (exact) mass is 1450 g/mol. The Hall–Kier alpha value is -3.50. The van der Waals surface area contributed by atoms with Crippen molar-refractivity contribution in [1.82, 2.24) is 0 Å². The van der Waals surface area contributed by atoms with Crippen LogP contribution in [0.4, 0.5) is 0 Å². The van der Waals surface area contributed by atoms with Crippen LogP contribution >= 0.6 is 15.6 Å². The van der Waals surface area contributed by atoms with Crippen molar-refractivity contribution in [2.75, 3.05) is 39.6 Å². The molecule has 0 aromatic carbocycles. The first-order chi connectivity index (χ1) is 48.7. The summed E-state index contributed by atoms with van der Waals surface area (Å²) in [7, 11) is -9.96. The fourth-order valence-corrected chi connectivity index (χ4v) is 12.6. The lowest BCUT2D eigenvalue weighted by Gasteiger charge is -2.21. The van der Waals surface area contributed by atoms with Gasteiger partial charge in [-0.1, -0.05) is 312 Å². The highest BCUT2D eigenvalue weighted by Crippen LogP contribution is 2.45. The third kappa shape index (κ3) is 72.8. The van der Waals surface area contributed by atoms with Gasteiger partial charge in [-0.3, -0.25) is 37.3 Å². The second kappa shape index (κ2) is 73.8. The maximum atomic E-state index is 13.1. The molecule has 17 nitrogen and oxygen atoms in total. The average Bonchev–Trinajstić information content (AvgIpc) is 0.945. The highest BCUT2D eigenvalue weighted by atomic mass is 31.2. The van der Waals surface area contributed by atoms with E-state index in [1.807, 2.05) is 12.2 Å². The molecule has 5 atom stereocenters. The molecule has 19 heteroatoms. The minimum absolute atomic E-state index is 0.0698. The Morgan fingerprint density at radius 2 is 0.500 bits per heavy atom. The molecule has 0 bridgehead atoms. The van der Waals surface area contributed by atoms with Gasteiger partial charge in [0, 0.05) is 25.7 Å². The largest absolute Gasteiger partial charge is 0.472 e. The van der Waals surface area contributed by atoms with Crippen molar-refractivity contribution < 1.29 is 80.2 Å². The number of phosphoric acid groups is 2. The van der Waals surface area contributed by atoms with Crippen molar-refractivity contribution in [2.45, 2.75) is 380 Å². The Balaban J connectivity index is 5.38. The Bertz CT molecular complexity index is 2180. The van der Waals surface area contributed by atoms with Crippen LogP contribution < -0.4 is 0 Å². The molecule has 100 heavy (non-hydrogen) atoms. The van der Waals surface area contributed by atoms with Gasteiger partial charge in [-0.2, -0.15) is 0 Å². The zero-order valence-electron chi connectivity index (χ0n) is 63.6. The van der Waals surface area contributed by atoms with E-state index in [0.717, 1.165) is 116 Å². The number of hydrogen-bond acceptors (Lipinski definition) is 15. The molecule has 0 saturated carbocycles. The number of aliphatic hydroxyl groups excluding tert-OH is 1. The Morgan fingerprint density at radius 3 is 0.810 bits per heavy atom. The zero-order chi connectivity index (χ0) is 73.2. The van der Waals surface area contributed by atoms with Crippen LogP contribution in [-0.4, -0.2) is 96.7 Å². The molecule has 0 saturated heterocycles. The van der Waals surface area contributed by atoms with E-state index >= 15 is 0 Å². The highest BCUT2D eigenvalue weighted by Gasteiger charge is 2.30. The molecular weight excluding hydrogens is 1310 g/mol. The molecule has 0 heterocycles. The number of esters is 4. The summed E-state index contributed by atoms with van der Waals surface area (Å²) < 4.78 is 68.5. The fourth-order valence-electron chi connectivity index (χ4n) is 11.0. The third-order valence-corrected chi connectivity index (χ3v) is 19.1. The van der Waals surface area contributed by atoms with E-state index < -0.39 is 97.5 Å². The first-order valence-electron chi connectivity index (χ1n) is 40.2. The maximum Gasteiger partial charge on any atom is 0.472 e. The van der Waals surface area contributed by atoms with Gasteiger partial charge < -0.3 is 33.8 Å². The molecule has 0 spiro atoms.